The molecule has 0 aliphatic heterocycles. The fourth-order valence-electron chi connectivity index (χ4n) is 3.16. The van der Waals surface area contributed by atoms with Crippen LogP contribution in [0.15, 0.2) is 94.2 Å². The van der Waals surface area contributed by atoms with Crippen molar-refractivity contribution in [3.05, 3.63) is 89.6 Å². The number of hydrazine groups is 1. The van der Waals surface area contributed by atoms with Crippen LogP contribution in [0.4, 0.5) is 0 Å². The van der Waals surface area contributed by atoms with E-state index in [4.69, 9.17) is 5.84 Å². The lowest BCUT2D eigenvalue weighted by Crippen LogP contribution is -2.46. The summed E-state index contributed by atoms with van der Waals surface area (Å²) in [4.78, 5) is 8.91. The molecule has 0 radical (unpaired) electrons. The molecule has 31 heavy (non-hydrogen) atoms. The van der Waals surface area contributed by atoms with Gasteiger partial charge in [0.25, 0.3) is 0 Å². The molecular formula is C20H20N4O6S. The Bertz CT molecular complexity index is 1150. The quantitative estimate of drug-likeness (QED) is 0.189. The molecule has 0 saturated heterocycles. The van der Waals surface area contributed by atoms with Gasteiger partial charge in [-0.05, 0) is 12.2 Å². The summed E-state index contributed by atoms with van der Waals surface area (Å²) in [5, 5.41) is 28.1. The largest absolute Gasteiger partial charge is 0.478 e. The zero-order valence-electron chi connectivity index (χ0n) is 16.0. The van der Waals surface area contributed by atoms with Gasteiger partial charge in [-0.25, -0.2) is 10.2 Å². The molecule has 0 bridgehead atoms. The van der Waals surface area contributed by atoms with Gasteiger partial charge in [-0.1, -0.05) is 60.7 Å². The third-order valence-electron chi connectivity index (χ3n) is 4.77. The Labute approximate surface area is 178 Å². The second kappa shape index (κ2) is 8.88. The number of hydrogen-bond donors (Lipinski definition) is 5. The lowest BCUT2D eigenvalue weighted by Gasteiger charge is -2.27. The van der Waals surface area contributed by atoms with E-state index in [-0.39, 0.29) is 11.3 Å². The molecule has 0 spiro atoms. The van der Waals surface area contributed by atoms with Crippen LogP contribution in [-0.4, -0.2) is 46.2 Å². The summed E-state index contributed by atoms with van der Waals surface area (Å²) in [6.45, 7) is 0. The fourth-order valence-corrected chi connectivity index (χ4v) is 3.84. The van der Waals surface area contributed by atoms with Crippen LogP contribution in [0, 0.1) is 0 Å². The molecule has 1 aromatic carbocycles. The predicted molar refractivity (Wildman–Crippen MR) is 113 cm³/mol. The summed E-state index contributed by atoms with van der Waals surface area (Å²) in [6, 6.07) is 6.26. The molecule has 3 atom stereocenters. The number of aliphatic carboxylic acids is 1. The van der Waals surface area contributed by atoms with Crippen molar-refractivity contribution in [2.75, 3.05) is 0 Å². The normalized spacial score (nSPS) is 27.4. The Morgan fingerprint density at radius 1 is 1.16 bits per heavy atom. The van der Waals surface area contributed by atoms with E-state index in [0.29, 0.717) is 11.1 Å². The molecule has 3 rings (SSSR count). The van der Waals surface area contributed by atoms with Gasteiger partial charge in [-0.3, -0.25) is 10.4 Å². The van der Waals surface area contributed by atoms with Crippen molar-refractivity contribution >= 4 is 21.8 Å². The molecule has 10 nitrogen and oxygen atoms in total. The predicted octanol–water partition coefficient (Wildman–Crippen LogP) is 1.33. The molecule has 2 aliphatic rings. The topological polar surface area (TPSA) is 175 Å². The minimum Gasteiger partial charge on any atom is -0.478 e. The van der Waals surface area contributed by atoms with Gasteiger partial charge in [0.15, 0.2) is 0 Å². The lowest BCUT2D eigenvalue weighted by molar-refractivity contribution is -0.132. The van der Waals surface area contributed by atoms with Crippen LogP contribution < -0.4 is 11.3 Å². The van der Waals surface area contributed by atoms with E-state index in [1.807, 2.05) is 0 Å². The van der Waals surface area contributed by atoms with Crippen LogP contribution in [0.5, 0.6) is 0 Å². The minimum absolute atomic E-state index is 0.0291. The number of carbonyl (C=O) groups is 1. The van der Waals surface area contributed by atoms with E-state index in [1.165, 1.54) is 30.4 Å². The highest BCUT2D eigenvalue weighted by atomic mass is 32.2. The molecular weight excluding hydrogens is 424 g/mol. The van der Waals surface area contributed by atoms with E-state index in [1.54, 1.807) is 36.4 Å². The van der Waals surface area contributed by atoms with Crippen molar-refractivity contribution in [3.63, 3.8) is 0 Å². The minimum atomic E-state index is -4.93. The maximum atomic E-state index is 11.7. The summed E-state index contributed by atoms with van der Waals surface area (Å²) in [5.41, 5.74) is 3.52. The number of nitrogens with two attached hydrogens (primary N) is 1. The molecule has 0 saturated carbocycles. The Morgan fingerprint density at radius 3 is 2.48 bits per heavy atom. The molecule has 0 fully saturated rings. The average Bonchev–Trinajstić information content (AvgIpc) is 2.74. The summed E-state index contributed by atoms with van der Waals surface area (Å²) < 4.78 is 33.0. The molecule has 0 heterocycles. The number of hydrogen-bond acceptors (Lipinski definition) is 8. The van der Waals surface area contributed by atoms with E-state index < -0.39 is 33.1 Å². The van der Waals surface area contributed by atoms with Gasteiger partial charge >= 0.3 is 16.1 Å². The Balaban J connectivity index is 2.14. The van der Waals surface area contributed by atoms with E-state index in [2.05, 4.69) is 15.7 Å². The number of nitrogens with one attached hydrogen (secondary N) is 1. The monoisotopic (exact) mass is 444 g/mol. The summed E-state index contributed by atoms with van der Waals surface area (Å²) in [5.74, 6) is 4.42. The fraction of sp³-hybridized carbons (Fsp3) is 0.150. The zero-order chi connectivity index (χ0) is 22.6. The number of allylic oxidation sites excluding steroid dienone is 4. The van der Waals surface area contributed by atoms with Gasteiger partial charge in [0.2, 0.25) is 4.93 Å². The van der Waals surface area contributed by atoms with Gasteiger partial charge in [-0.15, -0.1) is 0 Å². The molecule has 11 heteroatoms. The van der Waals surface area contributed by atoms with Gasteiger partial charge in [0.05, 0.1) is 17.3 Å². The van der Waals surface area contributed by atoms with Crippen LogP contribution in [0.3, 0.4) is 0 Å². The third kappa shape index (κ3) is 4.45. The van der Waals surface area contributed by atoms with Gasteiger partial charge in [-0.2, -0.15) is 18.6 Å². The Kier molecular flexibility index (Phi) is 6.43. The molecule has 0 amide bonds. The number of azo groups is 1. The Morgan fingerprint density at radius 2 is 1.87 bits per heavy atom. The summed E-state index contributed by atoms with van der Waals surface area (Å²) in [7, 11) is -4.93. The highest BCUT2D eigenvalue weighted by Crippen LogP contribution is 2.32. The average molecular weight is 444 g/mol. The summed E-state index contributed by atoms with van der Waals surface area (Å²) >= 11 is 0. The van der Waals surface area contributed by atoms with Crippen LogP contribution >= 0.6 is 0 Å². The van der Waals surface area contributed by atoms with Crippen molar-refractivity contribution in [1.29, 1.82) is 0 Å². The first-order valence-corrected chi connectivity index (χ1v) is 10.5. The first-order valence-electron chi connectivity index (χ1n) is 9.02. The number of carboxylic acid groups (broad SMARTS) is 1. The van der Waals surface area contributed by atoms with Gasteiger partial charge < -0.3 is 10.2 Å². The van der Waals surface area contributed by atoms with E-state index >= 15 is 0 Å². The molecule has 3 unspecified atom stereocenters. The van der Waals surface area contributed by atoms with E-state index in [0.717, 1.165) is 6.08 Å². The van der Waals surface area contributed by atoms with Gasteiger partial charge in [0, 0.05) is 11.1 Å². The van der Waals surface area contributed by atoms with Crippen LogP contribution in [0.1, 0.15) is 5.56 Å². The second-order valence-corrected chi connectivity index (χ2v) is 8.29. The van der Waals surface area contributed by atoms with Crippen LogP contribution in [0.2, 0.25) is 0 Å². The summed E-state index contributed by atoms with van der Waals surface area (Å²) in [6.07, 6.45) is 9.39. The number of aliphatic hydroxyl groups is 1. The Hall–Kier alpha value is -3.22. The molecule has 1 aromatic rings. The first kappa shape index (κ1) is 22.5. The molecule has 2 aliphatic carbocycles. The third-order valence-corrected chi connectivity index (χ3v) is 5.97. The SMILES string of the molecule is NNC1C(C(=O)O)=CC=CC1=C(N=NC1C=CC=CC1(O)S(=O)(=O)O)c1ccccc1. The first-order chi connectivity index (χ1) is 14.7. The van der Waals surface area contributed by atoms with Crippen LogP contribution in [0.25, 0.3) is 5.70 Å². The molecule has 0 aromatic heterocycles. The van der Waals surface area contributed by atoms with Crippen molar-refractivity contribution in [2.45, 2.75) is 17.0 Å². The van der Waals surface area contributed by atoms with Crippen LogP contribution in [-0.2, 0) is 14.9 Å². The number of benzene rings is 1. The second-order valence-electron chi connectivity index (χ2n) is 6.69. The smallest absolute Gasteiger partial charge is 0.333 e. The highest BCUT2D eigenvalue weighted by molar-refractivity contribution is 7.87. The van der Waals surface area contributed by atoms with E-state index in [9.17, 15) is 28.0 Å². The number of nitrogens with zero attached hydrogens (tertiary/aromatic N) is 2. The standard InChI is InChI=1S/C20H20N4O6S/c21-22-18-14(9-6-10-15(18)19(25)26)17(13-7-2-1-3-8-13)24-23-16-11-4-5-12-20(16,27)31(28,29)30/h1-12,16,18,22,27H,21H2,(H,25,26)(H,28,29,30). The van der Waals surface area contributed by atoms with Crippen molar-refractivity contribution in [3.8, 4) is 0 Å². The lowest BCUT2D eigenvalue weighted by atomic mass is 9.91. The van der Waals surface area contributed by atoms with Crippen molar-refractivity contribution < 1.29 is 28.0 Å². The van der Waals surface area contributed by atoms with Gasteiger partial charge in [0.1, 0.15) is 6.04 Å². The maximum Gasteiger partial charge on any atom is 0.333 e. The van der Waals surface area contributed by atoms with Crippen molar-refractivity contribution in [1.82, 2.24) is 5.43 Å². The molecule has 6 N–H and O–H groups in total. The van der Waals surface area contributed by atoms with Crippen molar-refractivity contribution in [2.24, 2.45) is 16.1 Å². The zero-order valence-corrected chi connectivity index (χ0v) is 16.8. The maximum absolute atomic E-state index is 11.7. The number of rotatable bonds is 6. The number of carboxylic acids is 1. The molecule has 162 valence electrons. The highest BCUT2D eigenvalue weighted by Gasteiger charge is 2.46.